The van der Waals surface area contributed by atoms with Gasteiger partial charge in [-0.05, 0) is 32.6 Å². The molecule has 0 aromatic heterocycles. The fourth-order valence-electron chi connectivity index (χ4n) is 1.91. The van der Waals surface area contributed by atoms with Gasteiger partial charge < -0.3 is 14.9 Å². The molecule has 1 saturated carbocycles. The van der Waals surface area contributed by atoms with Gasteiger partial charge in [0.2, 0.25) is 0 Å². The predicted molar refractivity (Wildman–Crippen MR) is 69.4 cm³/mol. The molecule has 6 nitrogen and oxygen atoms in total. The highest BCUT2D eigenvalue weighted by molar-refractivity contribution is 5.80. The Morgan fingerprint density at radius 1 is 1.42 bits per heavy atom. The third-order valence-electron chi connectivity index (χ3n) is 3.11. The Hall–Kier alpha value is -1.77. The van der Waals surface area contributed by atoms with Crippen LogP contribution in [-0.4, -0.2) is 52.6 Å². The van der Waals surface area contributed by atoms with Gasteiger partial charge in [0.1, 0.15) is 6.54 Å². The smallest absolute Gasteiger partial charge is 0.323 e. The number of hydrogen-bond acceptors (Lipinski definition) is 3. The van der Waals surface area contributed by atoms with E-state index in [1.54, 1.807) is 4.90 Å². The molecule has 1 aliphatic carbocycles. The van der Waals surface area contributed by atoms with E-state index in [2.05, 4.69) is 0 Å². The number of urea groups is 1. The molecule has 1 N–H and O–H groups in total. The lowest BCUT2D eigenvalue weighted by molar-refractivity contribution is -0.137. The van der Waals surface area contributed by atoms with Gasteiger partial charge in [-0.3, -0.25) is 4.79 Å². The molecule has 0 unspecified atom stereocenters. The molecule has 0 aromatic rings. The first kappa shape index (κ1) is 15.3. The molecule has 6 heteroatoms. The van der Waals surface area contributed by atoms with Crippen LogP contribution in [0.5, 0.6) is 0 Å². The first-order valence-electron chi connectivity index (χ1n) is 6.60. The molecule has 0 aromatic carbocycles. The third-order valence-corrected chi connectivity index (χ3v) is 3.11. The van der Waals surface area contributed by atoms with Crippen molar-refractivity contribution < 1.29 is 14.7 Å². The molecule has 0 heterocycles. The zero-order chi connectivity index (χ0) is 14.4. The van der Waals surface area contributed by atoms with Crippen LogP contribution in [0.1, 0.15) is 33.1 Å². The van der Waals surface area contributed by atoms with E-state index < -0.39 is 5.97 Å². The van der Waals surface area contributed by atoms with Crippen molar-refractivity contribution >= 4 is 12.0 Å². The SMILES string of the molecule is CC(C)N(CCC#N)C(=O)N(CC(=O)O)CC1CC1. The Kier molecular flexibility index (Phi) is 5.61. The Labute approximate surface area is 113 Å². The molecule has 106 valence electrons. The van der Waals surface area contributed by atoms with Crippen molar-refractivity contribution in [3.63, 3.8) is 0 Å². The number of carboxylic acids is 1. The third kappa shape index (κ3) is 5.16. The molecule has 1 fully saturated rings. The Morgan fingerprint density at radius 3 is 2.47 bits per heavy atom. The van der Waals surface area contributed by atoms with Crippen LogP contribution in [-0.2, 0) is 4.79 Å². The fraction of sp³-hybridized carbons (Fsp3) is 0.769. The van der Waals surface area contributed by atoms with Crippen LogP contribution < -0.4 is 0 Å². The van der Waals surface area contributed by atoms with Crippen molar-refractivity contribution in [2.75, 3.05) is 19.6 Å². The molecule has 0 spiro atoms. The van der Waals surface area contributed by atoms with Crippen LogP contribution >= 0.6 is 0 Å². The highest BCUT2D eigenvalue weighted by Gasteiger charge is 2.30. The Balaban J connectivity index is 2.69. The predicted octanol–water partition coefficient (Wildman–Crippen LogP) is 1.53. The molecular formula is C13H21N3O3. The van der Waals surface area contributed by atoms with Crippen molar-refractivity contribution in [3.8, 4) is 6.07 Å². The van der Waals surface area contributed by atoms with Gasteiger partial charge in [-0.2, -0.15) is 5.26 Å². The van der Waals surface area contributed by atoms with Gasteiger partial charge in [0.15, 0.2) is 0 Å². The maximum absolute atomic E-state index is 12.4. The molecule has 0 atom stereocenters. The van der Waals surface area contributed by atoms with E-state index >= 15 is 0 Å². The lowest BCUT2D eigenvalue weighted by Crippen LogP contribution is -2.49. The summed E-state index contributed by atoms with van der Waals surface area (Å²) in [6.07, 6.45) is 2.38. The van der Waals surface area contributed by atoms with Crippen molar-refractivity contribution in [2.24, 2.45) is 5.92 Å². The van der Waals surface area contributed by atoms with Crippen LogP contribution in [0, 0.1) is 17.2 Å². The van der Waals surface area contributed by atoms with E-state index in [-0.39, 0.29) is 25.0 Å². The van der Waals surface area contributed by atoms with E-state index in [4.69, 9.17) is 10.4 Å². The zero-order valence-electron chi connectivity index (χ0n) is 11.5. The Morgan fingerprint density at radius 2 is 2.05 bits per heavy atom. The monoisotopic (exact) mass is 267 g/mol. The molecule has 0 saturated heterocycles. The van der Waals surface area contributed by atoms with Crippen LogP contribution in [0.3, 0.4) is 0 Å². The second-order valence-corrected chi connectivity index (χ2v) is 5.20. The van der Waals surface area contributed by atoms with Gasteiger partial charge in [-0.25, -0.2) is 4.79 Å². The number of aliphatic carboxylic acids is 1. The molecule has 19 heavy (non-hydrogen) atoms. The minimum absolute atomic E-state index is 0.0450. The fourth-order valence-corrected chi connectivity index (χ4v) is 1.91. The average Bonchev–Trinajstić information content (AvgIpc) is 3.11. The molecular weight excluding hydrogens is 246 g/mol. The molecule has 2 amide bonds. The number of rotatable bonds is 7. The largest absolute Gasteiger partial charge is 0.480 e. The number of carboxylic acid groups (broad SMARTS) is 1. The van der Waals surface area contributed by atoms with Gasteiger partial charge in [0.25, 0.3) is 0 Å². The standard InChI is InChI=1S/C13H21N3O3/c1-10(2)16(7-3-6-14)13(19)15(9-12(17)18)8-11-4-5-11/h10-11H,3-5,7-9H2,1-2H3,(H,17,18). The van der Waals surface area contributed by atoms with Crippen molar-refractivity contribution in [1.29, 1.82) is 5.26 Å². The second kappa shape index (κ2) is 6.98. The van der Waals surface area contributed by atoms with E-state index in [1.165, 1.54) is 4.90 Å². The van der Waals surface area contributed by atoms with Crippen molar-refractivity contribution in [2.45, 2.75) is 39.2 Å². The van der Waals surface area contributed by atoms with Gasteiger partial charge in [0.05, 0.1) is 12.5 Å². The summed E-state index contributed by atoms with van der Waals surface area (Å²) < 4.78 is 0. The van der Waals surface area contributed by atoms with E-state index in [0.717, 1.165) is 12.8 Å². The molecule has 1 rings (SSSR count). The summed E-state index contributed by atoms with van der Waals surface area (Å²) >= 11 is 0. The summed E-state index contributed by atoms with van der Waals surface area (Å²) in [6, 6.07) is 1.69. The van der Waals surface area contributed by atoms with Crippen molar-refractivity contribution in [3.05, 3.63) is 0 Å². The van der Waals surface area contributed by atoms with Gasteiger partial charge >= 0.3 is 12.0 Å². The van der Waals surface area contributed by atoms with E-state index in [0.29, 0.717) is 19.0 Å². The van der Waals surface area contributed by atoms with Gasteiger partial charge in [0, 0.05) is 19.1 Å². The second-order valence-electron chi connectivity index (χ2n) is 5.20. The summed E-state index contributed by atoms with van der Waals surface area (Å²) in [6.45, 7) is 4.30. The molecule has 0 radical (unpaired) electrons. The molecule has 1 aliphatic rings. The first-order chi connectivity index (χ1) is 8.95. The number of carbonyl (C=O) groups is 2. The van der Waals surface area contributed by atoms with Crippen LogP contribution in [0.2, 0.25) is 0 Å². The summed E-state index contributed by atoms with van der Waals surface area (Å²) in [5.41, 5.74) is 0. The Bertz CT molecular complexity index is 372. The van der Waals surface area contributed by atoms with E-state index in [1.807, 2.05) is 19.9 Å². The highest BCUT2D eigenvalue weighted by atomic mass is 16.4. The first-order valence-corrected chi connectivity index (χ1v) is 6.60. The highest BCUT2D eigenvalue weighted by Crippen LogP contribution is 2.30. The van der Waals surface area contributed by atoms with E-state index in [9.17, 15) is 9.59 Å². The maximum atomic E-state index is 12.4. The molecule has 0 bridgehead atoms. The summed E-state index contributed by atoms with van der Waals surface area (Å²) in [5, 5.41) is 17.5. The summed E-state index contributed by atoms with van der Waals surface area (Å²) in [4.78, 5) is 26.2. The normalized spacial score (nSPS) is 14.0. The summed E-state index contributed by atoms with van der Waals surface area (Å²) in [7, 11) is 0. The minimum Gasteiger partial charge on any atom is -0.480 e. The van der Waals surface area contributed by atoms with Crippen LogP contribution in [0.25, 0.3) is 0 Å². The lowest BCUT2D eigenvalue weighted by atomic mass is 10.3. The zero-order valence-corrected chi connectivity index (χ0v) is 11.5. The lowest BCUT2D eigenvalue weighted by Gasteiger charge is -2.32. The number of amides is 2. The maximum Gasteiger partial charge on any atom is 0.323 e. The van der Waals surface area contributed by atoms with Gasteiger partial charge in [-0.15, -0.1) is 0 Å². The minimum atomic E-state index is -1.00. The quantitative estimate of drug-likeness (QED) is 0.758. The number of nitriles is 1. The average molecular weight is 267 g/mol. The summed E-state index contributed by atoms with van der Waals surface area (Å²) in [5.74, 6) is -0.564. The number of nitrogens with zero attached hydrogens (tertiary/aromatic N) is 3. The van der Waals surface area contributed by atoms with Gasteiger partial charge in [-0.1, -0.05) is 0 Å². The number of hydrogen-bond donors (Lipinski definition) is 1. The van der Waals surface area contributed by atoms with Crippen LogP contribution in [0.15, 0.2) is 0 Å². The molecule has 0 aliphatic heterocycles. The van der Waals surface area contributed by atoms with Crippen molar-refractivity contribution in [1.82, 2.24) is 9.80 Å². The number of carbonyl (C=O) groups excluding carboxylic acids is 1. The topological polar surface area (TPSA) is 84.6 Å². The van der Waals surface area contributed by atoms with Crippen LogP contribution in [0.4, 0.5) is 4.79 Å².